The molecular formula is C10H9ClN4O. The molecular weight excluding hydrogens is 228 g/mol. The Morgan fingerprint density at radius 1 is 1.38 bits per heavy atom. The van der Waals surface area contributed by atoms with E-state index in [1.165, 1.54) is 6.20 Å². The van der Waals surface area contributed by atoms with Crippen molar-refractivity contribution in [3.05, 3.63) is 46.7 Å². The molecule has 1 heterocycles. The molecule has 0 aliphatic heterocycles. The third-order valence-corrected chi connectivity index (χ3v) is 2.30. The number of benzene rings is 1. The SMILES string of the molecule is NC(=O)c1cn(Cc2ccc(Cl)cc2)nn1. The number of nitrogens with two attached hydrogens (primary N) is 1. The van der Waals surface area contributed by atoms with E-state index in [1.807, 2.05) is 12.1 Å². The quantitative estimate of drug-likeness (QED) is 0.867. The molecule has 2 rings (SSSR count). The van der Waals surface area contributed by atoms with E-state index in [2.05, 4.69) is 10.3 Å². The first-order chi connectivity index (χ1) is 7.65. The number of primary amides is 1. The standard InChI is InChI=1S/C10H9ClN4O/c11-8-3-1-7(2-4-8)5-15-6-9(10(12)16)13-14-15/h1-4,6H,5H2,(H2,12,16). The summed E-state index contributed by atoms with van der Waals surface area (Å²) < 4.78 is 1.54. The Morgan fingerprint density at radius 3 is 2.62 bits per heavy atom. The van der Waals surface area contributed by atoms with Crippen LogP contribution in [-0.4, -0.2) is 20.9 Å². The van der Waals surface area contributed by atoms with Crippen LogP contribution in [0.1, 0.15) is 16.1 Å². The summed E-state index contributed by atoms with van der Waals surface area (Å²) in [4.78, 5) is 10.8. The molecule has 5 nitrogen and oxygen atoms in total. The molecule has 1 aromatic heterocycles. The average molecular weight is 237 g/mol. The molecule has 0 saturated heterocycles. The van der Waals surface area contributed by atoms with Crippen LogP contribution in [0.3, 0.4) is 0 Å². The van der Waals surface area contributed by atoms with Crippen LogP contribution in [-0.2, 0) is 6.54 Å². The van der Waals surface area contributed by atoms with Crippen molar-refractivity contribution in [2.24, 2.45) is 5.73 Å². The maximum absolute atomic E-state index is 10.8. The van der Waals surface area contributed by atoms with Crippen LogP contribution < -0.4 is 5.73 Å². The van der Waals surface area contributed by atoms with Gasteiger partial charge < -0.3 is 5.73 Å². The van der Waals surface area contributed by atoms with Crippen molar-refractivity contribution in [3.8, 4) is 0 Å². The van der Waals surface area contributed by atoms with Gasteiger partial charge in [0, 0.05) is 5.02 Å². The van der Waals surface area contributed by atoms with E-state index < -0.39 is 5.91 Å². The van der Waals surface area contributed by atoms with Gasteiger partial charge in [0.05, 0.1) is 12.7 Å². The third kappa shape index (κ3) is 2.38. The average Bonchev–Trinajstić information content (AvgIpc) is 2.70. The number of rotatable bonds is 3. The number of hydrogen-bond donors (Lipinski definition) is 1. The third-order valence-electron chi connectivity index (χ3n) is 2.05. The van der Waals surface area contributed by atoms with Gasteiger partial charge in [-0.3, -0.25) is 4.79 Å². The summed E-state index contributed by atoms with van der Waals surface area (Å²) in [7, 11) is 0. The second-order valence-corrected chi connectivity index (χ2v) is 3.73. The molecule has 2 N–H and O–H groups in total. The fourth-order valence-electron chi connectivity index (χ4n) is 1.27. The number of nitrogens with zero attached hydrogens (tertiary/aromatic N) is 3. The van der Waals surface area contributed by atoms with E-state index in [0.717, 1.165) is 5.56 Å². The minimum absolute atomic E-state index is 0.161. The second kappa shape index (κ2) is 4.32. The summed E-state index contributed by atoms with van der Waals surface area (Å²) in [5.74, 6) is -0.581. The van der Waals surface area contributed by atoms with Crippen molar-refractivity contribution in [2.45, 2.75) is 6.54 Å². The molecule has 0 fully saturated rings. The van der Waals surface area contributed by atoms with Gasteiger partial charge in [-0.2, -0.15) is 0 Å². The van der Waals surface area contributed by atoms with Crippen molar-refractivity contribution in [3.63, 3.8) is 0 Å². The number of carbonyl (C=O) groups is 1. The fourth-order valence-corrected chi connectivity index (χ4v) is 1.39. The normalized spacial score (nSPS) is 10.3. The number of hydrogen-bond acceptors (Lipinski definition) is 3. The van der Waals surface area contributed by atoms with Crippen LogP contribution >= 0.6 is 11.6 Å². The van der Waals surface area contributed by atoms with Crippen molar-refractivity contribution < 1.29 is 4.79 Å². The number of aromatic nitrogens is 3. The van der Waals surface area contributed by atoms with Crippen LogP contribution in [0.15, 0.2) is 30.5 Å². The van der Waals surface area contributed by atoms with Gasteiger partial charge in [-0.25, -0.2) is 4.68 Å². The smallest absolute Gasteiger partial charge is 0.270 e. The van der Waals surface area contributed by atoms with E-state index in [-0.39, 0.29) is 5.69 Å². The molecule has 0 saturated carbocycles. The molecule has 0 unspecified atom stereocenters. The minimum Gasteiger partial charge on any atom is -0.364 e. The predicted octanol–water partition coefficient (Wildman–Crippen LogP) is 1.08. The Balaban J connectivity index is 2.14. The zero-order valence-electron chi connectivity index (χ0n) is 8.30. The topological polar surface area (TPSA) is 73.8 Å². The minimum atomic E-state index is -0.581. The zero-order valence-corrected chi connectivity index (χ0v) is 9.05. The summed E-state index contributed by atoms with van der Waals surface area (Å²) in [5.41, 5.74) is 6.25. The highest BCUT2D eigenvalue weighted by Crippen LogP contribution is 2.10. The lowest BCUT2D eigenvalue weighted by Crippen LogP contribution is -2.11. The van der Waals surface area contributed by atoms with E-state index in [9.17, 15) is 4.79 Å². The Morgan fingerprint density at radius 2 is 2.06 bits per heavy atom. The Hall–Kier alpha value is -1.88. The highest BCUT2D eigenvalue weighted by Gasteiger charge is 2.06. The summed E-state index contributed by atoms with van der Waals surface area (Å²) in [6.07, 6.45) is 1.51. The first kappa shape index (κ1) is 10.6. The van der Waals surface area contributed by atoms with E-state index in [0.29, 0.717) is 11.6 Å². The van der Waals surface area contributed by atoms with Gasteiger partial charge in [-0.1, -0.05) is 28.9 Å². The highest BCUT2D eigenvalue weighted by atomic mass is 35.5. The van der Waals surface area contributed by atoms with Crippen LogP contribution in [0.5, 0.6) is 0 Å². The maximum Gasteiger partial charge on any atom is 0.270 e. The van der Waals surface area contributed by atoms with Gasteiger partial charge in [-0.15, -0.1) is 5.10 Å². The number of amides is 1. The molecule has 1 aromatic carbocycles. The van der Waals surface area contributed by atoms with Gasteiger partial charge in [0.25, 0.3) is 5.91 Å². The van der Waals surface area contributed by atoms with Crippen LogP contribution in [0.25, 0.3) is 0 Å². The summed E-state index contributed by atoms with van der Waals surface area (Å²) in [6.45, 7) is 0.525. The largest absolute Gasteiger partial charge is 0.364 e. The Bertz CT molecular complexity index is 506. The van der Waals surface area contributed by atoms with Gasteiger partial charge in [0.15, 0.2) is 5.69 Å². The van der Waals surface area contributed by atoms with Gasteiger partial charge in [-0.05, 0) is 17.7 Å². The van der Waals surface area contributed by atoms with E-state index in [4.69, 9.17) is 17.3 Å². The molecule has 0 radical (unpaired) electrons. The molecule has 0 atom stereocenters. The van der Waals surface area contributed by atoms with Crippen molar-refractivity contribution in [2.75, 3.05) is 0 Å². The van der Waals surface area contributed by atoms with Crippen LogP contribution in [0.2, 0.25) is 5.02 Å². The lowest BCUT2D eigenvalue weighted by Gasteiger charge is -2.00. The molecule has 16 heavy (non-hydrogen) atoms. The van der Waals surface area contributed by atoms with Crippen molar-refractivity contribution in [1.29, 1.82) is 0 Å². The number of halogens is 1. The molecule has 0 aliphatic rings. The zero-order chi connectivity index (χ0) is 11.5. The first-order valence-corrected chi connectivity index (χ1v) is 4.97. The summed E-state index contributed by atoms with van der Waals surface area (Å²) in [6, 6.07) is 7.35. The summed E-state index contributed by atoms with van der Waals surface area (Å²) in [5, 5.41) is 8.11. The molecule has 2 aromatic rings. The Kier molecular flexibility index (Phi) is 2.87. The molecule has 0 spiro atoms. The maximum atomic E-state index is 10.8. The van der Waals surface area contributed by atoms with Gasteiger partial charge >= 0.3 is 0 Å². The lowest BCUT2D eigenvalue weighted by molar-refractivity contribution is 0.0995. The molecule has 1 amide bonds. The fraction of sp³-hybridized carbons (Fsp3) is 0.100. The molecule has 0 bridgehead atoms. The van der Waals surface area contributed by atoms with Gasteiger partial charge in [0.2, 0.25) is 0 Å². The molecule has 6 heteroatoms. The monoisotopic (exact) mass is 236 g/mol. The second-order valence-electron chi connectivity index (χ2n) is 3.29. The van der Waals surface area contributed by atoms with Crippen LogP contribution in [0, 0.1) is 0 Å². The lowest BCUT2D eigenvalue weighted by atomic mass is 10.2. The highest BCUT2D eigenvalue weighted by molar-refractivity contribution is 6.30. The van der Waals surface area contributed by atoms with E-state index in [1.54, 1.807) is 16.8 Å². The van der Waals surface area contributed by atoms with E-state index >= 15 is 0 Å². The van der Waals surface area contributed by atoms with Crippen molar-refractivity contribution in [1.82, 2.24) is 15.0 Å². The predicted molar refractivity (Wildman–Crippen MR) is 59.1 cm³/mol. The molecule has 82 valence electrons. The van der Waals surface area contributed by atoms with Crippen LogP contribution in [0.4, 0.5) is 0 Å². The van der Waals surface area contributed by atoms with Gasteiger partial charge in [0.1, 0.15) is 0 Å². The van der Waals surface area contributed by atoms with Crippen molar-refractivity contribution >= 4 is 17.5 Å². The first-order valence-electron chi connectivity index (χ1n) is 4.59. The summed E-state index contributed by atoms with van der Waals surface area (Å²) >= 11 is 5.76. The Labute approximate surface area is 96.8 Å². The molecule has 0 aliphatic carbocycles. The number of carbonyl (C=O) groups excluding carboxylic acids is 1.